The molecule has 3 aromatic carbocycles. The third-order valence-electron chi connectivity index (χ3n) is 6.99. The van der Waals surface area contributed by atoms with E-state index in [2.05, 4.69) is 40.2 Å². The lowest BCUT2D eigenvalue weighted by atomic mass is 9.99. The summed E-state index contributed by atoms with van der Waals surface area (Å²) in [4.78, 5) is 39.1. The molecule has 0 radical (unpaired) electrons. The van der Waals surface area contributed by atoms with Gasteiger partial charge in [0.05, 0.1) is 12.1 Å². The highest BCUT2D eigenvalue weighted by molar-refractivity contribution is 7.98. The number of carbonyl (C=O) groups is 3. The first-order valence-electron chi connectivity index (χ1n) is 15.2. The van der Waals surface area contributed by atoms with Crippen molar-refractivity contribution in [3.05, 3.63) is 83.9 Å². The molecule has 8 nitrogen and oxygen atoms in total. The van der Waals surface area contributed by atoms with Gasteiger partial charge in [-0.25, -0.2) is 4.79 Å². The summed E-state index contributed by atoms with van der Waals surface area (Å²) in [6, 6.07) is 21.4. The zero-order valence-corrected chi connectivity index (χ0v) is 27.4. The van der Waals surface area contributed by atoms with Crippen LogP contribution in [0.4, 0.5) is 4.79 Å². The lowest BCUT2D eigenvalue weighted by molar-refractivity contribution is -0.130. The topological polar surface area (TPSA) is 117 Å². The molecule has 3 amide bonds. The van der Waals surface area contributed by atoms with Gasteiger partial charge in [0, 0.05) is 17.9 Å². The van der Waals surface area contributed by atoms with Gasteiger partial charge in [-0.1, -0.05) is 86.6 Å². The van der Waals surface area contributed by atoms with Crippen LogP contribution in [0.1, 0.15) is 59.1 Å². The number of thioether (sulfide) groups is 1. The summed E-state index contributed by atoms with van der Waals surface area (Å²) in [6.07, 6.45) is -0.682. The predicted molar refractivity (Wildman–Crippen MR) is 178 cm³/mol. The van der Waals surface area contributed by atoms with E-state index in [4.69, 9.17) is 4.74 Å². The molecule has 0 heterocycles. The molecule has 9 heteroatoms. The second-order valence-corrected chi connectivity index (χ2v) is 13.6. The molecule has 3 aromatic rings. The summed E-state index contributed by atoms with van der Waals surface area (Å²) in [6.45, 7) is 10.9. The number of hydrogen-bond donors (Lipinski definition) is 4. The van der Waals surface area contributed by atoms with Crippen molar-refractivity contribution in [2.24, 2.45) is 5.92 Å². The Kier molecular flexibility index (Phi) is 13.1. The number of ether oxygens (including phenoxy) is 1. The zero-order valence-electron chi connectivity index (χ0n) is 26.6. The fraction of sp³-hybridized carbons (Fsp3) is 0.457. The number of rotatable bonds is 14. The molecule has 0 fully saturated rings. The van der Waals surface area contributed by atoms with Crippen LogP contribution in [0, 0.1) is 5.92 Å². The minimum atomic E-state index is -0.954. The van der Waals surface area contributed by atoms with Crippen molar-refractivity contribution < 1.29 is 24.2 Å². The SMILES string of the molecule is CC(C)C[C@@H](NC(=O)[C@H](C)NC(=O)[C@H](Cc1ccccc1)NC(=O)OC(C)(C)C)[C@H](O)CSCc1cccc2ccccc12. The molecule has 4 atom stereocenters. The Morgan fingerprint density at radius 3 is 2.18 bits per heavy atom. The molecule has 0 spiro atoms. The summed E-state index contributed by atoms with van der Waals surface area (Å²) in [5.74, 6) is 0.504. The number of nitrogens with one attached hydrogen (secondary N) is 3. The summed E-state index contributed by atoms with van der Waals surface area (Å²) in [5.41, 5.74) is 1.32. The Hall–Kier alpha value is -3.56. The number of alkyl carbamates (subject to hydrolysis) is 1. The summed E-state index contributed by atoms with van der Waals surface area (Å²) in [7, 11) is 0. The van der Waals surface area contributed by atoms with Crippen molar-refractivity contribution >= 4 is 40.4 Å². The highest BCUT2D eigenvalue weighted by Crippen LogP contribution is 2.24. The average Bonchev–Trinajstić information content (AvgIpc) is 2.95. The number of amides is 3. The Bertz CT molecular complexity index is 1370. The van der Waals surface area contributed by atoms with E-state index >= 15 is 0 Å². The van der Waals surface area contributed by atoms with Crippen molar-refractivity contribution in [2.75, 3.05) is 5.75 Å². The molecule has 0 aromatic heterocycles. The van der Waals surface area contributed by atoms with Crippen LogP contribution >= 0.6 is 11.8 Å². The molecule has 0 aliphatic heterocycles. The van der Waals surface area contributed by atoms with Gasteiger partial charge in [0.2, 0.25) is 11.8 Å². The number of aliphatic hydroxyl groups excluding tert-OH is 1. The number of fused-ring (bicyclic) bond motifs is 1. The van der Waals surface area contributed by atoms with Crippen molar-refractivity contribution in [3.63, 3.8) is 0 Å². The van der Waals surface area contributed by atoms with E-state index in [0.29, 0.717) is 12.2 Å². The summed E-state index contributed by atoms with van der Waals surface area (Å²) in [5, 5.41) is 21.9. The standard InChI is InChI=1S/C35H47N3O5S/c1-23(2)19-29(31(39)22-44-21-27-17-12-16-26-15-10-11-18-28(26)27)37-32(40)24(3)36-33(41)30(20-25-13-8-7-9-14-25)38-34(42)43-35(4,5)6/h7-18,23-24,29-31,39H,19-22H2,1-6H3,(H,36,41)(H,37,40)(H,38,42)/t24-,29+,30-,31+/m0/s1. The van der Waals surface area contributed by atoms with Gasteiger partial charge < -0.3 is 25.8 Å². The molecular formula is C35H47N3O5S. The van der Waals surface area contributed by atoms with Gasteiger partial charge in [0.25, 0.3) is 0 Å². The maximum atomic E-state index is 13.3. The molecule has 238 valence electrons. The molecule has 0 aliphatic carbocycles. The Balaban J connectivity index is 1.61. The van der Waals surface area contributed by atoms with Crippen molar-refractivity contribution in [3.8, 4) is 0 Å². The van der Waals surface area contributed by atoms with Gasteiger partial charge in [0.1, 0.15) is 17.7 Å². The van der Waals surface area contributed by atoms with Crippen LogP contribution in [-0.2, 0) is 26.5 Å². The van der Waals surface area contributed by atoms with Gasteiger partial charge >= 0.3 is 6.09 Å². The molecule has 3 rings (SSSR count). The summed E-state index contributed by atoms with van der Waals surface area (Å²) >= 11 is 1.62. The van der Waals surface area contributed by atoms with E-state index in [-0.39, 0.29) is 12.3 Å². The fourth-order valence-electron chi connectivity index (χ4n) is 4.84. The first-order chi connectivity index (χ1) is 20.8. The smallest absolute Gasteiger partial charge is 0.408 e. The Morgan fingerprint density at radius 1 is 0.841 bits per heavy atom. The van der Waals surface area contributed by atoms with Gasteiger partial charge in [-0.15, -0.1) is 0 Å². The maximum Gasteiger partial charge on any atom is 0.408 e. The van der Waals surface area contributed by atoms with Crippen LogP contribution in [-0.4, -0.2) is 58.6 Å². The molecule has 0 unspecified atom stereocenters. The third kappa shape index (κ3) is 11.5. The lowest BCUT2D eigenvalue weighted by Crippen LogP contribution is -2.56. The highest BCUT2D eigenvalue weighted by atomic mass is 32.2. The summed E-state index contributed by atoms with van der Waals surface area (Å²) < 4.78 is 5.37. The van der Waals surface area contributed by atoms with E-state index < -0.39 is 47.7 Å². The van der Waals surface area contributed by atoms with Gasteiger partial charge in [0.15, 0.2) is 0 Å². The Morgan fingerprint density at radius 2 is 1.50 bits per heavy atom. The Labute approximate surface area is 265 Å². The van der Waals surface area contributed by atoms with Crippen molar-refractivity contribution in [1.82, 2.24) is 16.0 Å². The predicted octanol–water partition coefficient (Wildman–Crippen LogP) is 5.61. The minimum Gasteiger partial charge on any atom is -0.444 e. The van der Waals surface area contributed by atoms with Crippen molar-refractivity contribution in [1.29, 1.82) is 0 Å². The second kappa shape index (κ2) is 16.5. The first kappa shape index (κ1) is 34.9. The normalized spacial score (nSPS) is 14.4. The first-order valence-corrected chi connectivity index (χ1v) is 16.3. The quantitative estimate of drug-likeness (QED) is 0.186. The number of hydrogen-bond acceptors (Lipinski definition) is 6. The van der Waals surface area contributed by atoms with Gasteiger partial charge in [-0.05, 0) is 61.9 Å². The van der Waals surface area contributed by atoms with Crippen LogP contribution < -0.4 is 16.0 Å². The molecule has 0 aliphatic rings. The van der Waals surface area contributed by atoms with Crippen LogP contribution in [0.2, 0.25) is 0 Å². The number of carbonyl (C=O) groups excluding carboxylic acids is 3. The molecule has 0 saturated carbocycles. The van der Waals surface area contributed by atoms with E-state index in [1.165, 1.54) is 16.3 Å². The van der Waals surface area contributed by atoms with Gasteiger partial charge in [-0.2, -0.15) is 11.8 Å². The zero-order chi connectivity index (χ0) is 32.3. The number of benzene rings is 3. The van der Waals surface area contributed by atoms with E-state index in [9.17, 15) is 19.5 Å². The van der Waals surface area contributed by atoms with Crippen LogP contribution in [0.15, 0.2) is 72.8 Å². The van der Waals surface area contributed by atoms with E-state index in [1.807, 2.05) is 62.4 Å². The van der Waals surface area contributed by atoms with E-state index in [1.54, 1.807) is 39.5 Å². The maximum absolute atomic E-state index is 13.3. The molecular weight excluding hydrogens is 574 g/mol. The van der Waals surface area contributed by atoms with Crippen LogP contribution in [0.3, 0.4) is 0 Å². The molecule has 4 N–H and O–H groups in total. The monoisotopic (exact) mass is 621 g/mol. The lowest BCUT2D eigenvalue weighted by Gasteiger charge is -2.28. The third-order valence-corrected chi connectivity index (χ3v) is 8.08. The number of aliphatic hydroxyl groups is 1. The molecule has 0 bridgehead atoms. The second-order valence-electron chi connectivity index (χ2n) is 12.6. The van der Waals surface area contributed by atoms with Gasteiger partial charge in [-0.3, -0.25) is 9.59 Å². The largest absolute Gasteiger partial charge is 0.444 e. The fourth-order valence-corrected chi connectivity index (χ4v) is 5.90. The van der Waals surface area contributed by atoms with E-state index in [0.717, 1.165) is 11.3 Å². The average molecular weight is 622 g/mol. The highest BCUT2D eigenvalue weighted by Gasteiger charge is 2.29. The van der Waals surface area contributed by atoms with Crippen molar-refractivity contribution in [2.45, 2.75) is 90.0 Å². The molecule has 0 saturated heterocycles. The van der Waals surface area contributed by atoms with Crippen LogP contribution in [0.5, 0.6) is 0 Å². The molecule has 44 heavy (non-hydrogen) atoms. The van der Waals surface area contributed by atoms with Crippen LogP contribution in [0.25, 0.3) is 10.8 Å². The minimum absolute atomic E-state index is 0.225.